The molecule has 4 nitrogen and oxygen atoms in total. The van der Waals surface area contributed by atoms with Crippen LogP contribution in [0.2, 0.25) is 0 Å². The van der Waals surface area contributed by atoms with E-state index in [0.717, 1.165) is 25.7 Å². The van der Waals surface area contributed by atoms with E-state index in [1.807, 2.05) is 6.92 Å². The van der Waals surface area contributed by atoms with Gasteiger partial charge in [0, 0.05) is 0 Å². The molecule has 0 aliphatic heterocycles. The van der Waals surface area contributed by atoms with Crippen molar-refractivity contribution in [1.82, 2.24) is 0 Å². The Morgan fingerprint density at radius 2 is 2.00 bits per heavy atom. The first kappa shape index (κ1) is 16.9. The van der Waals surface area contributed by atoms with Gasteiger partial charge in [-0.25, -0.2) is 4.18 Å². The average Bonchev–Trinajstić information content (AvgIpc) is 2.03. The van der Waals surface area contributed by atoms with Crippen molar-refractivity contribution in [3.8, 4) is 0 Å². The minimum Gasteiger partial charge on any atom is -1.00 e. The van der Waals surface area contributed by atoms with Gasteiger partial charge in [-0.05, 0) is 12.3 Å². The van der Waals surface area contributed by atoms with Gasteiger partial charge in [0.2, 0.25) is 0 Å². The summed E-state index contributed by atoms with van der Waals surface area (Å²) in [5.74, 6) is 0.224. The predicted octanol–water partition coefficient (Wildman–Crippen LogP) is -0.861. The third-order valence-electron chi connectivity index (χ3n) is 2.00. The summed E-state index contributed by atoms with van der Waals surface area (Å²) in [5.41, 5.74) is 0. The van der Waals surface area contributed by atoms with Crippen molar-refractivity contribution in [3.05, 3.63) is 0 Å². The third kappa shape index (κ3) is 10.5. The molecule has 0 saturated carbocycles. The second-order valence-corrected chi connectivity index (χ2v) is 4.22. The molecule has 0 aliphatic carbocycles. The van der Waals surface area contributed by atoms with E-state index in [1.54, 1.807) is 0 Å². The smallest absolute Gasteiger partial charge is 1.00 e. The maximum Gasteiger partial charge on any atom is 1.00 e. The molecule has 0 aromatic rings. The van der Waals surface area contributed by atoms with Crippen LogP contribution in [0.15, 0.2) is 0 Å². The van der Waals surface area contributed by atoms with Gasteiger partial charge in [0.1, 0.15) is 0 Å². The Labute approximate surface area is 100 Å². The summed E-state index contributed by atoms with van der Waals surface area (Å²) in [6.45, 7) is 4.15. The van der Waals surface area contributed by atoms with E-state index in [1.165, 1.54) is 0 Å². The van der Waals surface area contributed by atoms with Crippen LogP contribution in [0.25, 0.3) is 0 Å². The van der Waals surface area contributed by atoms with E-state index in [2.05, 4.69) is 11.1 Å². The zero-order chi connectivity index (χ0) is 10.3. The van der Waals surface area contributed by atoms with Crippen LogP contribution < -0.4 is 18.9 Å². The quantitative estimate of drug-likeness (QED) is 0.446. The summed E-state index contributed by atoms with van der Waals surface area (Å²) in [5, 5.41) is 0. The fraction of sp³-hybridized carbons (Fsp3) is 1.00. The van der Waals surface area contributed by atoms with E-state index >= 15 is 0 Å². The van der Waals surface area contributed by atoms with Crippen LogP contribution in [0, 0.1) is 5.92 Å². The molecule has 14 heavy (non-hydrogen) atoms. The fourth-order valence-corrected chi connectivity index (χ4v) is 1.44. The van der Waals surface area contributed by atoms with Gasteiger partial charge in [-0.15, -0.1) is 0 Å². The van der Waals surface area contributed by atoms with Gasteiger partial charge in [0.15, 0.2) is 0 Å². The summed E-state index contributed by atoms with van der Waals surface area (Å²) < 4.78 is 33.2. The second-order valence-electron chi connectivity index (χ2n) is 3.13. The van der Waals surface area contributed by atoms with E-state index < -0.39 is 10.4 Å². The van der Waals surface area contributed by atoms with Crippen molar-refractivity contribution in [3.63, 3.8) is 0 Å². The maximum absolute atomic E-state index is 10.3. The topological polar surface area (TPSA) is 63.6 Å². The summed E-state index contributed by atoms with van der Waals surface area (Å²) in [6.07, 6.45) is 3.97. The molecule has 0 radical (unpaired) electrons. The van der Waals surface area contributed by atoms with Crippen molar-refractivity contribution < 1.29 is 37.4 Å². The van der Waals surface area contributed by atoms with Crippen LogP contribution >= 0.6 is 0 Å². The number of hydrogen-bond donors (Lipinski definition) is 1. The van der Waals surface area contributed by atoms with Crippen molar-refractivity contribution in [2.24, 2.45) is 5.92 Å². The molecular formula is C8H19LiO4S. The van der Waals surface area contributed by atoms with E-state index in [9.17, 15) is 8.42 Å². The van der Waals surface area contributed by atoms with Crippen LogP contribution in [0.3, 0.4) is 0 Å². The Morgan fingerprint density at radius 3 is 2.36 bits per heavy atom. The van der Waals surface area contributed by atoms with Gasteiger partial charge < -0.3 is 1.43 Å². The molecule has 0 bridgehead atoms. The minimum atomic E-state index is -4.25. The summed E-state index contributed by atoms with van der Waals surface area (Å²) in [4.78, 5) is 0. The molecular weight excluding hydrogens is 199 g/mol. The molecule has 1 atom stereocenters. The van der Waals surface area contributed by atoms with Gasteiger partial charge in [-0.2, -0.15) is 8.42 Å². The van der Waals surface area contributed by atoms with Gasteiger partial charge >= 0.3 is 29.3 Å². The number of rotatable bonds is 7. The molecule has 1 unspecified atom stereocenters. The fourth-order valence-electron chi connectivity index (χ4n) is 1.08. The van der Waals surface area contributed by atoms with Crippen molar-refractivity contribution >= 4 is 10.4 Å². The number of hydrogen-bond acceptors (Lipinski definition) is 3. The predicted molar refractivity (Wildman–Crippen MR) is 51.9 cm³/mol. The molecule has 1 N–H and O–H groups in total. The van der Waals surface area contributed by atoms with Crippen LogP contribution in [0.1, 0.15) is 41.0 Å². The maximum atomic E-state index is 10.3. The zero-order valence-corrected chi connectivity index (χ0v) is 10.0. The standard InChI is InChI=1S/C8H18O4S.Li.H/c1-3-5-6-8(4-2)7-12-13(9,10)11;;/h8H,3-7H2,1-2H3,(H,9,10,11);;/q;+1;-1. The Kier molecular flexibility index (Phi) is 10.6. The van der Waals surface area contributed by atoms with Gasteiger partial charge in [0.05, 0.1) is 6.61 Å². The van der Waals surface area contributed by atoms with E-state index in [-0.39, 0.29) is 32.8 Å². The normalized spacial score (nSPS) is 13.4. The van der Waals surface area contributed by atoms with E-state index in [4.69, 9.17) is 4.55 Å². The Balaban J connectivity index is -0.000000720. The monoisotopic (exact) mass is 218 g/mol. The molecule has 0 fully saturated rings. The van der Waals surface area contributed by atoms with Crippen LogP contribution in [-0.4, -0.2) is 19.6 Å². The molecule has 0 amide bonds. The summed E-state index contributed by atoms with van der Waals surface area (Å²) in [7, 11) is -4.25. The van der Waals surface area contributed by atoms with Gasteiger partial charge in [0.25, 0.3) is 0 Å². The third-order valence-corrected chi connectivity index (χ3v) is 2.43. The molecule has 82 valence electrons. The molecule has 0 spiro atoms. The van der Waals surface area contributed by atoms with Crippen LogP contribution in [-0.2, 0) is 14.6 Å². The van der Waals surface area contributed by atoms with Crippen molar-refractivity contribution in [2.75, 3.05) is 6.61 Å². The Morgan fingerprint density at radius 1 is 1.43 bits per heavy atom. The van der Waals surface area contributed by atoms with Crippen LogP contribution in [0.4, 0.5) is 0 Å². The molecule has 0 saturated heterocycles. The first-order valence-electron chi connectivity index (χ1n) is 4.61. The second kappa shape index (κ2) is 8.75. The average molecular weight is 218 g/mol. The molecule has 0 aromatic heterocycles. The molecule has 0 aliphatic rings. The zero-order valence-electron chi connectivity index (χ0n) is 10.2. The largest absolute Gasteiger partial charge is 1.00 e. The van der Waals surface area contributed by atoms with Gasteiger partial charge in [-0.1, -0.05) is 33.1 Å². The SMILES string of the molecule is CCCCC(CC)COS(=O)(=O)O.[H-].[Li+]. The van der Waals surface area contributed by atoms with Crippen molar-refractivity contribution in [1.29, 1.82) is 0 Å². The molecule has 0 aromatic carbocycles. The summed E-state index contributed by atoms with van der Waals surface area (Å²) in [6, 6.07) is 0. The summed E-state index contributed by atoms with van der Waals surface area (Å²) >= 11 is 0. The molecule has 0 heterocycles. The molecule has 0 rings (SSSR count). The van der Waals surface area contributed by atoms with Crippen molar-refractivity contribution in [2.45, 2.75) is 39.5 Å². The Bertz CT molecular complexity index is 221. The van der Waals surface area contributed by atoms with Gasteiger partial charge in [-0.3, -0.25) is 4.55 Å². The number of unbranched alkanes of at least 4 members (excludes halogenated alkanes) is 1. The first-order chi connectivity index (χ1) is 5.99. The van der Waals surface area contributed by atoms with Crippen LogP contribution in [0.5, 0.6) is 0 Å². The molecule has 6 heteroatoms. The Hall–Kier alpha value is 0.467. The first-order valence-corrected chi connectivity index (χ1v) is 5.98. The minimum absolute atomic E-state index is 0. The van der Waals surface area contributed by atoms with E-state index in [0.29, 0.717) is 0 Å².